The normalized spacial score (nSPS) is 18.4. The lowest BCUT2D eigenvalue weighted by Gasteiger charge is -2.30. The van der Waals surface area contributed by atoms with Crippen molar-refractivity contribution in [3.8, 4) is 17.2 Å². The van der Waals surface area contributed by atoms with Gasteiger partial charge in [-0.05, 0) is 60.9 Å². The number of carbonyl (C=O) groups excluding carboxylic acids is 2. The monoisotopic (exact) mass is 410 g/mol. The predicted octanol–water partition coefficient (Wildman–Crippen LogP) is 4.03. The SMILES string of the molecule is CCOC(=O)[C@@H]1C(=O)C=C(c2cc(OC)ccc2OC)C[C@@H]1c1cccc(OC)c1. The van der Waals surface area contributed by atoms with E-state index in [1.165, 1.54) is 6.08 Å². The highest BCUT2D eigenvalue weighted by molar-refractivity contribution is 6.11. The van der Waals surface area contributed by atoms with Gasteiger partial charge in [-0.3, -0.25) is 9.59 Å². The second-order valence-electron chi connectivity index (χ2n) is 6.96. The van der Waals surface area contributed by atoms with Gasteiger partial charge in [-0.2, -0.15) is 0 Å². The van der Waals surface area contributed by atoms with E-state index < -0.39 is 11.9 Å². The van der Waals surface area contributed by atoms with Gasteiger partial charge < -0.3 is 18.9 Å². The molecule has 0 saturated heterocycles. The number of esters is 1. The molecular formula is C24H26O6. The molecule has 0 bridgehead atoms. The van der Waals surface area contributed by atoms with E-state index in [1.54, 1.807) is 40.4 Å². The van der Waals surface area contributed by atoms with Crippen LogP contribution in [0.3, 0.4) is 0 Å². The Morgan fingerprint density at radius 3 is 2.40 bits per heavy atom. The molecule has 0 aromatic heterocycles. The molecule has 158 valence electrons. The van der Waals surface area contributed by atoms with Crippen molar-refractivity contribution in [2.45, 2.75) is 19.3 Å². The van der Waals surface area contributed by atoms with Crippen molar-refractivity contribution < 1.29 is 28.5 Å². The molecule has 6 nitrogen and oxygen atoms in total. The fourth-order valence-corrected chi connectivity index (χ4v) is 3.82. The third-order valence-electron chi connectivity index (χ3n) is 5.28. The van der Waals surface area contributed by atoms with Gasteiger partial charge in [0.15, 0.2) is 5.78 Å². The summed E-state index contributed by atoms with van der Waals surface area (Å²) >= 11 is 0. The van der Waals surface area contributed by atoms with E-state index >= 15 is 0 Å². The summed E-state index contributed by atoms with van der Waals surface area (Å²) in [5, 5.41) is 0. The molecule has 0 radical (unpaired) electrons. The first-order chi connectivity index (χ1) is 14.5. The van der Waals surface area contributed by atoms with Gasteiger partial charge in [0.1, 0.15) is 23.2 Å². The quantitative estimate of drug-likeness (QED) is 0.507. The molecule has 3 rings (SSSR count). The molecule has 30 heavy (non-hydrogen) atoms. The number of ether oxygens (including phenoxy) is 4. The van der Waals surface area contributed by atoms with Crippen molar-refractivity contribution in [1.29, 1.82) is 0 Å². The van der Waals surface area contributed by atoms with Crippen LogP contribution in [0.5, 0.6) is 17.2 Å². The van der Waals surface area contributed by atoms with Gasteiger partial charge in [0.05, 0.1) is 27.9 Å². The van der Waals surface area contributed by atoms with Crippen molar-refractivity contribution in [2.75, 3.05) is 27.9 Å². The summed E-state index contributed by atoms with van der Waals surface area (Å²) in [6, 6.07) is 12.9. The summed E-state index contributed by atoms with van der Waals surface area (Å²) in [7, 11) is 4.75. The van der Waals surface area contributed by atoms with E-state index in [4.69, 9.17) is 18.9 Å². The molecular weight excluding hydrogens is 384 g/mol. The third-order valence-corrected chi connectivity index (χ3v) is 5.28. The van der Waals surface area contributed by atoms with Crippen LogP contribution in [-0.2, 0) is 14.3 Å². The number of allylic oxidation sites excluding steroid dienone is 2. The minimum atomic E-state index is -0.905. The van der Waals surface area contributed by atoms with Crippen molar-refractivity contribution >= 4 is 17.3 Å². The first kappa shape index (κ1) is 21.4. The maximum absolute atomic E-state index is 13.1. The number of hydrogen-bond acceptors (Lipinski definition) is 6. The van der Waals surface area contributed by atoms with Crippen LogP contribution in [0.25, 0.3) is 5.57 Å². The zero-order chi connectivity index (χ0) is 21.7. The summed E-state index contributed by atoms with van der Waals surface area (Å²) < 4.78 is 21.4. The van der Waals surface area contributed by atoms with Crippen molar-refractivity contribution in [3.05, 3.63) is 59.7 Å². The van der Waals surface area contributed by atoms with Crippen LogP contribution in [0.1, 0.15) is 30.4 Å². The predicted molar refractivity (Wildman–Crippen MR) is 113 cm³/mol. The Bertz CT molecular complexity index is 962. The van der Waals surface area contributed by atoms with Gasteiger partial charge in [0.2, 0.25) is 0 Å². The molecule has 1 aliphatic rings. The molecule has 0 saturated carbocycles. The van der Waals surface area contributed by atoms with Gasteiger partial charge in [-0.15, -0.1) is 0 Å². The second-order valence-corrected chi connectivity index (χ2v) is 6.96. The van der Waals surface area contributed by atoms with E-state index in [9.17, 15) is 9.59 Å². The van der Waals surface area contributed by atoms with Crippen molar-refractivity contribution in [1.82, 2.24) is 0 Å². The minimum Gasteiger partial charge on any atom is -0.497 e. The highest BCUT2D eigenvalue weighted by atomic mass is 16.5. The molecule has 0 unspecified atom stereocenters. The summed E-state index contributed by atoms with van der Waals surface area (Å²) in [4.78, 5) is 25.8. The molecule has 0 N–H and O–H groups in total. The summed E-state index contributed by atoms with van der Waals surface area (Å²) in [6.07, 6.45) is 1.99. The van der Waals surface area contributed by atoms with Crippen LogP contribution in [0.15, 0.2) is 48.5 Å². The number of ketones is 1. The standard InChI is InChI=1S/C24H26O6/c1-5-30-24(26)23-20(15-7-6-8-17(11-15)27-2)12-16(13-21(23)25)19-14-18(28-3)9-10-22(19)29-4/h6-11,13-14,20,23H,5,12H2,1-4H3/t20-,23+/m1/s1. The van der Waals surface area contributed by atoms with Crippen LogP contribution in [-0.4, -0.2) is 39.7 Å². The smallest absolute Gasteiger partial charge is 0.317 e. The molecule has 2 aromatic carbocycles. The summed E-state index contributed by atoms with van der Waals surface area (Å²) in [5.74, 6) is -0.133. The van der Waals surface area contributed by atoms with Crippen LogP contribution in [0.4, 0.5) is 0 Å². The van der Waals surface area contributed by atoms with Gasteiger partial charge in [-0.1, -0.05) is 12.1 Å². The highest BCUT2D eigenvalue weighted by Gasteiger charge is 2.40. The lowest BCUT2D eigenvalue weighted by atomic mass is 9.73. The molecule has 0 amide bonds. The van der Waals surface area contributed by atoms with Crippen LogP contribution in [0.2, 0.25) is 0 Å². The van der Waals surface area contributed by atoms with E-state index in [2.05, 4.69) is 0 Å². The number of rotatable bonds is 7. The van der Waals surface area contributed by atoms with E-state index in [0.717, 1.165) is 16.7 Å². The van der Waals surface area contributed by atoms with Crippen molar-refractivity contribution in [3.63, 3.8) is 0 Å². The number of benzene rings is 2. The zero-order valence-corrected chi connectivity index (χ0v) is 17.6. The third kappa shape index (κ3) is 4.32. The average molecular weight is 410 g/mol. The number of hydrogen-bond donors (Lipinski definition) is 0. The Hall–Kier alpha value is -3.28. The number of methoxy groups -OCH3 is 3. The van der Waals surface area contributed by atoms with Gasteiger partial charge in [-0.25, -0.2) is 0 Å². The second kappa shape index (κ2) is 9.48. The minimum absolute atomic E-state index is 0.216. The fraction of sp³-hybridized carbons (Fsp3) is 0.333. The fourth-order valence-electron chi connectivity index (χ4n) is 3.82. The molecule has 0 heterocycles. The van der Waals surface area contributed by atoms with Gasteiger partial charge in [0.25, 0.3) is 0 Å². The van der Waals surface area contributed by atoms with Crippen LogP contribution >= 0.6 is 0 Å². The maximum Gasteiger partial charge on any atom is 0.317 e. The molecule has 0 aliphatic heterocycles. The summed E-state index contributed by atoms with van der Waals surface area (Å²) in [5.41, 5.74) is 2.39. The molecule has 6 heteroatoms. The van der Waals surface area contributed by atoms with E-state index in [1.807, 2.05) is 30.3 Å². The topological polar surface area (TPSA) is 71.1 Å². The van der Waals surface area contributed by atoms with Gasteiger partial charge >= 0.3 is 5.97 Å². The average Bonchev–Trinajstić information content (AvgIpc) is 2.78. The first-order valence-corrected chi connectivity index (χ1v) is 9.79. The Balaban J connectivity index is 2.09. The lowest BCUT2D eigenvalue weighted by molar-refractivity contribution is -0.151. The van der Waals surface area contributed by atoms with Crippen molar-refractivity contribution in [2.24, 2.45) is 5.92 Å². The van der Waals surface area contributed by atoms with Gasteiger partial charge in [0, 0.05) is 11.5 Å². The Morgan fingerprint density at radius 2 is 1.73 bits per heavy atom. The Kier molecular flexibility index (Phi) is 6.77. The Labute approximate surface area is 176 Å². The molecule has 2 atom stereocenters. The maximum atomic E-state index is 13.1. The van der Waals surface area contributed by atoms with E-state index in [0.29, 0.717) is 23.7 Å². The molecule has 2 aromatic rings. The Morgan fingerprint density at radius 1 is 1.00 bits per heavy atom. The van der Waals surface area contributed by atoms with Crippen LogP contribution < -0.4 is 14.2 Å². The van der Waals surface area contributed by atoms with E-state index in [-0.39, 0.29) is 18.3 Å². The molecule has 0 fully saturated rings. The van der Waals surface area contributed by atoms with Crippen LogP contribution in [0, 0.1) is 5.92 Å². The molecule has 0 spiro atoms. The molecule has 1 aliphatic carbocycles. The first-order valence-electron chi connectivity index (χ1n) is 9.79. The zero-order valence-electron chi connectivity index (χ0n) is 17.6. The number of carbonyl (C=O) groups is 2. The lowest BCUT2D eigenvalue weighted by Crippen LogP contribution is -2.34. The highest BCUT2D eigenvalue weighted by Crippen LogP contribution is 2.43. The largest absolute Gasteiger partial charge is 0.497 e. The summed E-state index contributed by atoms with van der Waals surface area (Å²) in [6.45, 7) is 1.95.